The fourth-order valence-electron chi connectivity index (χ4n) is 0.195. The van der Waals surface area contributed by atoms with Gasteiger partial charge < -0.3 is 4.74 Å². The summed E-state index contributed by atoms with van der Waals surface area (Å²) in [5.74, 6) is -0.475. The molecular weight excluding hydrogens is 142 g/mol. The number of carbonyl (C=O) groups is 2. The number of esters is 1. The Morgan fingerprint density at radius 2 is 2.22 bits per heavy atom. The quantitative estimate of drug-likeness (QED) is 0.430. The van der Waals surface area contributed by atoms with Crippen LogP contribution in [0, 0.1) is 0 Å². The molecule has 0 aromatic rings. The molecule has 0 bridgehead atoms. The van der Waals surface area contributed by atoms with E-state index in [9.17, 15) is 9.59 Å². The van der Waals surface area contributed by atoms with Crippen LogP contribution in [-0.2, 0) is 14.3 Å². The van der Waals surface area contributed by atoms with E-state index < -0.39 is 5.97 Å². The minimum absolute atomic E-state index is 0.240. The van der Waals surface area contributed by atoms with Gasteiger partial charge in [0.15, 0.2) is 6.61 Å². The second kappa shape index (κ2) is 4.34. The maximum absolute atomic E-state index is 10.3. The summed E-state index contributed by atoms with van der Waals surface area (Å²) in [5.41, 5.74) is 0. The molecule has 0 aliphatic rings. The molecule has 4 nitrogen and oxygen atoms in total. The fourth-order valence-corrected chi connectivity index (χ4v) is 0.322. The van der Waals surface area contributed by atoms with Gasteiger partial charge in [0.1, 0.15) is 0 Å². The molecular formula is C4H7NO3S. The van der Waals surface area contributed by atoms with Crippen LogP contribution in [0.25, 0.3) is 0 Å². The second-order valence-electron chi connectivity index (χ2n) is 1.27. The number of hydrogen-bond acceptors (Lipinski definition) is 5. The third-order valence-corrected chi connectivity index (χ3v) is 0.905. The summed E-state index contributed by atoms with van der Waals surface area (Å²) in [7, 11) is 0. The Morgan fingerprint density at radius 3 is 2.56 bits per heavy atom. The molecule has 0 heterocycles. The predicted molar refractivity (Wildman–Crippen MR) is 33.4 cm³/mol. The van der Waals surface area contributed by atoms with Crippen molar-refractivity contribution in [2.45, 2.75) is 6.92 Å². The van der Waals surface area contributed by atoms with Crippen molar-refractivity contribution in [1.82, 2.24) is 0 Å². The summed E-state index contributed by atoms with van der Waals surface area (Å²) in [6.07, 6.45) is 0. The van der Waals surface area contributed by atoms with Gasteiger partial charge in [-0.1, -0.05) is 0 Å². The second-order valence-corrected chi connectivity index (χ2v) is 1.96. The maximum Gasteiger partial charge on any atom is 0.303 e. The molecule has 0 amide bonds. The average Bonchev–Trinajstić information content (AvgIpc) is 1.83. The molecule has 0 aromatic heterocycles. The van der Waals surface area contributed by atoms with Crippen molar-refractivity contribution in [3.05, 3.63) is 0 Å². The lowest BCUT2D eigenvalue weighted by molar-refractivity contribution is -0.143. The van der Waals surface area contributed by atoms with Gasteiger partial charge in [0.25, 0.3) is 0 Å². The van der Waals surface area contributed by atoms with Crippen molar-refractivity contribution in [3.63, 3.8) is 0 Å². The number of hydrogen-bond donors (Lipinski definition) is 1. The molecule has 2 N–H and O–H groups in total. The van der Waals surface area contributed by atoms with Gasteiger partial charge in [-0.15, -0.1) is 0 Å². The van der Waals surface area contributed by atoms with E-state index in [0.29, 0.717) is 11.9 Å². The van der Waals surface area contributed by atoms with Gasteiger partial charge in [-0.2, -0.15) is 0 Å². The van der Waals surface area contributed by atoms with Gasteiger partial charge >= 0.3 is 5.97 Å². The van der Waals surface area contributed by atoms with Gasteiger partial charge in [-0.3, -0.25) is 14.7 Å². The van der Waals surface area contributed by atoms with Crippen LogP contribution in [0.4, 0.5) is 0 Å². The zero-order chi connectivity index (χ0) is 7.28. The highest BCUT2D eigenvalue weighted by molar-refractivity contribution is 8.11. The summed E-state index contributed by atoms with van der Waals surface area (Å²) in [4.78, 5) is 20.3. The number of nitrogens with two attached hydrogens (primary N) is 1. The first-order valence-corrected chi connectivity index (χ1v) is 3.07. The Labute approximate surface area is 56.9 Å². The summed E-state index contributed by atoms with van der Waals surface area (Å²) < 4.78 is 4.31. The van der Waals surface area contributed by atoms with Crippen LogP contribution < -0.4 is 5.14 Å². The SMILES string of the molecule is CC(=O)OCC(=O)SN. The summed E-state index contributed by atoms with van der Waals surface area (Å²) in [5, 5.41) is 4.48. The van der Waals surface area contributed by atoms with E-state index in [1.54, 1.807) is 0 Å². The first kappa shape index (κ1) is 8.45. The molecule has 0 aliphatic carbocycles. The summed E-state index contributed by atoms with van der Waals surface area (Å²) in [6.45, 7) is 0.991. The minimum Gasteiger partial charge on any atom is -0.457 e. The van der Waals surface area contributed by atoms with Crippen LogP contribution in [0.2, 0.25) is 0 Å². The molecule has 0 saturated heterocycles. The third kappa shape index (κ3) is 5.32. The standard InChI is InChI=1S/C4H7NO3S/c1-3(6)8-2-4(7)9-5/h2,5H2,1H3. The number of rotatable bonds is 2. The van der Waals surface area contributed by atoms with Crippen LogP contribution in [0.15, 0.2) is 0 Å². The minimum atomic E-state index is -0.475. The lowest BCUT2D eigenvalue weighted by Crippen LogP contribution is -2.09. The van der Waals surface area contributed by atoms with E-state index in [1.165, 1.54) is 6.92 Å². The molecule has 9 heavy (non-hydrogen) atoms. The van der Waals surface area contributed by atoms with Crippen molar-refractivity contribution >= 4 is 23.0 Å². The van der Waals surface area contributed by atoms with Crippen molar-refractivity contribution in [3.8, 4) is 0 Å². The lowest BCUT2D eigenvalue weighted by atomic mass is 10.7. The molecule has 0 unspecified atom stereocenters. The van der Waals surface area contributed by atoms with Crippen LogP contribution in [0.5, 0.6) is 0 Å². The molecule has 5 heteroatoms. The topological polar surface area (TPSA) is 69.4 Å². The average molecular weight is 149 g/mol. The molecule has 0 atom stereocenters. The van der Waals surface area contributed by atoms with Crippen molar-refractivity contribution < 1.29 is 14.3 Å². The van der Waals surface area contributed by atoms with Crippen LogP contribution >= 0.6 is 11.9 Å². The molecule has 0 rings (SSSR count). The zero-order valence-corrected chi connectivity index (χ0v) is 5.73. The fraction of sp³-hybridized carbons (Fsp3) is 0.500. The largest absolute Gasteiger partial charge is 0.457 e. The number of carbonyl (C=O) groups excluding carboxylic acids is 2. The Morgan fingerprint density at radius 1 is 1.67 bits per heavy atom. The van der Waals surface area contributed by atoms with Crippen LogP contribution in [0.3, 0.4) is 0 Å². The number of ether oxygens (including phenoxy) is 1. The van der Waals surface area contributed by atoms with E-state index in [0.717, 1.165) is 0 Å². The van der Waals surface area contributed by atoms with E-state index in [-0.39, 0.29) is 11.7 Å². The van der Waals surface area contributed by atoms with E-state index in [4.69, 9.17) is 5.14 Å². The molecule has 52 valence electrons. The van der Waals surface area contributed by atoms with Crippen molar-refractivity contribution in [2.24, 2.45) is 5.14 Å². The normalized spacial score (nSPS) is 8.67. The van der Waals surface area contributed by atoms with E-state index >= 15 is 0 Å². The molecule has 0 saturated carbocycles. The van der Waals surface area contributed by atoms with Gasteiger partial charge in [0, 0.05) is 6.92 Å². The Kier molecular flexibility index (Phi) is 4.08. The van der Waals surface area contributed by atoms with Gasteiger partial charge in [-0.25, -0.2) is 0 Å². The Balaban J connectivity index is 3.28. The highest BCUT2D eigenvalue weighted by Crippen LogP contribution is 1.89. The van der Waals surface area contributed by atoms with Gasteiger partial charge in [0.05, 0.1) is 0 Å². The lowest BCUT2D eigenvalue weighted by Gasteiger charge is -1.95. The predicted octanol–water partition coefficient (Wildman–Crippen LogP) is -0.317. The maximum atomic E-state index is 10.3. The molecule has 0 aromatic carbocycles. The highest BCUT2D eigenvalue weighted by Gasteiger charge is 2.00. The smallest absolute Gasteiger partial charge is 0.303 e. The monoisotopic (exact) mass is 149 g/mol. The van der Waals surface area contributed by atoms with E-state index in [1.807, 2.05) is 0 Å². The third-order valence-electron chi connectivity index (χ3n) is 0.525. The summed E-state index contributed by atoms with van der Waals surface area (Å²) in [6, 6.07) is 0. The Hall–Kier alpha value is -0.550. The molecule has 0 spiro atoms. The summed E-state index contributed by atoms with van der Waals surface area (Å²) >= 11 is 0.551. The zero-order valence-electron chi connectivity index (χ0n) is 4.92. The van der Waals surface area contributed by atoms with Crippen LogP contribution in [-0.4, -0.2) is 17.7 Å². The van der Waals surface area contributed by atoms with E-state index in [2.05, 4.69) is 4.74 Å². The van der Waals surface area contributed by atoms with Gasteiger partial charge in [0.2, 0.25) is 5.12 Å². The van der Waals surface area contributed by atoms with Crippen molar-refractivity contribution in [2.75, 3.05) is 6.61 Å². The van der Waals surface area contributed by atoms with Crippen LogP contribution in [0.1, 0.15) is 6.92 Å². The van der Waals surface area contributed by atoms with Crippen molar-refractivity contribution in [1.29, 1.82) is 0 Å². The Bertz CT molecular complexity index is 125. The van der Waals surface area contributed by atoms with Gasteiger partial charge in [-0.05, 0) is 11.9 Å². The molecule has 0 aliphatic heterocycles. The first-order valence-electron chi connectivity index (χ1n) is 2.19. The molecule has 0 radical (unpaired) electrons. The first-order chi connectivity index (χ1) is 4.16. The molecule has 0 fully saturated rings. The highest BCUT2D eigenvalue weighted by atomic mass is 32.2.